The Labute approximate surface area is 209 Å². The van der Waals surface area contributed by atoms with Crippen LogP contribution in [-0.4, -0.2) is 65.3 Å². The van der Waals surface area contributed by atoms with Gasteiger partial charge in [-0.05, 0) is 60.4 Å². The van der Waals surface area contributed by atoms with Crippen molar-refractivity contribution in [1.29, 1.82) is 0 Å². The second-order valence-electron chi connectivity index (χ2n) is 9.46. The lowest BCUT2D eigenvalue weighted by Crippen LogP contribution is -2.51. The summed E-state index contributed by atoms with van der Waals surface area (Å²) in [6.07, 6.45) is 5.40. The monoisotopic (exact) mass is 484 g/mol. The predicted octanol–water partition coefficient (Wildman–Crippen LogP) is 4.38. The van der Waals surface area contributed by atoms with Gasteiger partial charge in [0.05, 0.1) is 16.9 Å². The van der Waals surface area contributed by atoms with E-state index >= 15 is 4.39 Å². The zero-order valence-corrected chi connectivity index (χ0v) is 20.1. The third-order valence-electron chi connectivity index (χ3n) is 7.33. The Hall–Kier alpha value is -3.62. The Kier molecular flexibility index (Phi) is 6.21. The lowest BCUT2D eigenvalue weighted by atomic mass is 10.0. The standard InChI is InChI=1S/C28H29FN6O/c29-24-16-21(2-4-26(24)35-11-9-34(10-12-35)22-6-13-36-14-7-22)28-23-15-19(1-3-25(23)32-18-33-28)20-5-8-31-27(30)17-20/h1-5,8,15-18,22H,6-7,9-14H2,(H2,30,31). The summed E-state index contributed by atoms with van der Waals surface area (Å²) >= 11 is 0. The first-order valence-corrected chi connectivity index (χ1v) is 12.5. The number of pyridine rings is 1. The number of rotatable bonds is 4. The van der Waals surface area contributed by atoms with E-state index < -0.39 is 0 Å². The summed E-state index contributed by atoms with van der Waals surface area (Å²) in [4.78, 5) is 17.7. The van der Waals surface area contributed by atoms with Crippen LogP contribution >= 0.6 is 0 Å². The van der Waals surface area contributed by atoms with Crippen LogP contribution in [0.3, 0.4) is 0 Å². The van der Waals surface area contributed by atoms with E-state index in [-0.39, 0.29) is 5.82 Å². The number of anilines is 2. The van der Waals surface area contributed by atoms with E-state index in [1.165, 1.54) is 6.33 Å². The van der Waals surface area contributed by atoms with Gasteiger partial charge >= 0.3 is 0 Å². The number of aromatic nitrogens is 3. The summed E-state index contributed by atoms with van der Waals surface area (Å²) in [5.41, 5.74) is 10.7. The van der Waals surface area contributed by atoms with Gasteiger partial charge in [0.2, 0.25) is 0 Å². The third-order valence-corrected chi connectivity index (χ3v) is 7.33. The average molecular weight is 485 g/mol. The molecule has 2 aromatic carbocycles. The fourth-order valence-corrected chi connectivity index (χ4v) is 5.38. The van der Waals surface area contributed by atoms with E-state index in [9.17, 15) is 0 Å². The van der Waals surface area contributed by atoms with Crippen molar-refractivity contribution in [3.8, 4) is 22.4 Å². The Morgan fingerprint density at radius 1 is 0.833 bits per heavy atom. The molecule has 7 nitrogen and oxygen atoms in total. The number of fused-ring (bicyclic) bond motifs is 1. The van der Waals surface area contributed by atoms with Gasteiger partial charge in [0.25, 0.3) is 0 Å². The maximum Gasteiger partial charge on any atom is 0.147 e. The number of nitrogens with two attached hydrogens (primary N) is 1. The van der Waals surface area contributed by atoms with Crippen molar-refractivity contribution in [2.75, 3.05) is 50.0 Å². The van der Waals surface area contributed by atoms with Crippen LogP contribution in [0.2, 0.25) is 0 Å². The SMILES string of the molecule is Nc1cc(-c2ccc3ncnc(-c4ccc(N5CCN(C6CCOCC6)CC5)c(F)c4)c3c2)ccn1. The number of nitrogen functional groups attached to an aromatic ring is 1. The van der Waals surface area contributed by atoms with Crippen LogP contribution in [0.25, 0.3) is 33.3 Å². The summed E-state index contributed by atoms with van der Waals surface area (Å²) in [6.45, 7) is 5.23. The van der Waals surface area contributed by atoms with Crippen molar-refractivity contribution in [3.63, 3.8) is 0 Å². The molecule has 36 heavy (non-hydrogen) atoms. The first kappa shape index (κ1) is 22.8. The Bertz CT molecular complexity index is 1380. The Balaban J connectivity index is 1.26. The lowest BCUT2D eigenvalue weighted by Gasteiger charge is -2.41. The van der Waals surface area contributed by atoms with Gasteiger partial charge in [0.15, 0.2) is 0 Å². The van der Waals surface area contributed by atoms with Gasteiger partial charge in [-0.3, -0.25) is 4.90 Å². The predicted molar refractivity (Wildman–Crippen MR) is 140 cm³/mol. The van der Waals surface area contributed by atoms with Crippen molar-refractivity contribution in [3.05, 3.63) is 66.9 Å². The molecule has 8 heteroatoms. The fourth-order valence-electron chi connectivity index (χ4n) is 5.38. The van der Waals surface area contributed by atoms with Gasteiger partial charge in [-0.25, -0.2) is 19.3 Å². The second-order valence-corrected chi connectivity index (χ2v) is 9.46. The smallest absolute Gasteiger partial charge is 0.147 e. The molecule has 2 aliphatic heterocycles. The van der Waals surface area contributed by atoms with Crippen molar-refractivity contribution in [2.24, 2.45) is 0 Å². The number of benzene rings is 2. The van der Waals surface area contributed by atoms with Gasteiger partial charge in [0.1, 0.15) is 18.0 Å². The highest BCUT2D eigenvalue weighted by Crippen LogP contribution is 2.32. The topological polar surface area (TPSA) is 80.4 Å². The minimum absolute atomic E-state index is 0.225. The van der Waals surface area contributed by atoms with Gasteiger partial charge in [0, 0.05) is 62.6 Å². The van der Waals surface area contributed by atoms with Crippen LogP contribution in [0, 0.1) is 5.82 Å². The van der Waals surface area contributed by atoms with E-state index in [0.717, 1.165) is 79.8 Å². The van der Waals surface area contributed by atoms with E-state index in [4.69, 9.17) is 10.5 Å². The maximum atomic E-state index is 15.4. The highest BCUT2D eigenvalue weighted by atomic mass is 19.1. The normalized spacial score (nSPS) is 17.5. The van der Waals surface area contributed by atoms with Crippen molar-refractivity contribution in [2.45, 2.75) is 18.9 Å². The molecule has 0 atom stereocenters. The van der Waals surface area contributed by atoms with Crippen LogP contribution in [0.1, 0.15) is 12.8 Å². The molecular weight excluding hydrogens is 455 g/mol. The van der Waals surface area contributed by atoms with Crippen molar-refractivity contribution in [1.82, 2.24) is 19.9 Å². The Morgan fingerprint density at radius 2 is 1.61 bits per heavy atom. The molecule has 2 aliphatic rings. The van der Waals surface area contributed by atoms with E-state index in [2.05, 4.69) is 24.8 Å². The number of piperazine rings is 1. The van der Waals surface area contributed by atoms with Crippen LogP contribution in [0.15, 0.2) is 61.1 Å². The van der Waals surface area contributed by atoms with Crippen molar-refractivity contribution < 1.29 is 9.13 Å². The molecular formula is C28H29FN6O. The van der Waals surface area contributed by atoms with Crippen LogP contribution < -0.4 is 10.6 Å². The molecule has 2 aromatic heterocycles. The summed E-state index contributed by atoms with van der Waals surface area (Å²) < 4.78 is 20.9. The summed E-state index contributed by atoms with van der Waals surface area (Å²) in [5.74, 6) is 0.236. The zero-order valence-electron chi connectivity index (χ0n) is 20.1. The van der Waals surface area contributed by atoms with Crippen molar-refractivity contribution >= 4 is 22.4 Å². The Morgan fingerprint density at radius 3 is 2.39 bits per heavy atom. The van der Waals surface area contributed by atoms with Gasteiger partial charge in [-0.2, -0.15) is 0 Å². The zero-order chi connectivity index (χ0) is 24.5. The number of ether oxygens (including phenoxy) is 1. The van der Waals surface area contributed by atoms with Gasteiger partial charge in [-0.1, -0.05) is 12.1 Å². The van der Waals surface area contributed by atoms with E-state index in [0.29, 0.717) is 23.2 Å². The van der Waals surface area contributed by atoms with Gasteiger partial charge < -0.3 is 15.4 Å². The lowest BCUT2D eigenvalue weighted by molar-refractivity contribution is 0.0321. The molecule has 0 spiro atoms. The fraction of sp³-hybridized carbons (Fsp3) is 0.321. The molecule has 0 unspecified atom stereocenters. The number of nitrogens with zero attached hydrogens (tertiary/aromatic N) is 5. The molecule has 0 bridgehead atoms. The summed E-state index contributed by atoms with van der Waals surface area (Å²) in [5, 5.41) is 0.864. The molecule has 6 rings (SSSR count). The number of hydrogen-bond donors (Lipinski definition) is 1. The molecule has 0 saturated carbocycles. The van der Waals surface area contributed by atoms with Crippen LogP contribution in [0.4, 0.5) is 15.9 Å². The van der Waals surface area contributed by atoms with E-state index in [1.807, 2.05) is 42.5 Å². The minimum Gasteiger partial charge on any atom is -0.384 e. The molecule has 2 saturated heterocycles. The molecule has 2 N–H and O–H groups in total. The second kappa shape index (κ2) is 9.79. The minimum atomic E-state index is -0.225. The number of halogens is 1. The quantitative estimate of drug-likeness (QED) is 0.460. The van der Waals surface area contributed by atoms with Crippen LogP contribution in [-0.2, 0) is 4.74 Å². The molecule has 4 aromatic rings. The summed E-state index contributed by atoms with van der Waals surface area (Å²) in [7, 11) is 0. The third kappa shape index (κ3) is 4.50. The van der Waals surface area contributed by atoms with Crippen LogP contribution in [0.5, 0.6) is 0 Å². The highest BCUT2D eigenvalue weighted by Gasteiger charge is 2.26. The molecule has 2 fully saturated rings. The first-order valence-electron chi connectivity index (χ1n) is 12.5. The molecule has 0 radical (unpaired) electrons. The summed E-state index contributed by atoms with van der Waals surface area (Å²) in [6, 6.07) is 15.8. The highest BCUT2D eigenvalue weighted by molar-refractivity contribution is 5.95. The van der Waals surface area contributed by atoms with E-state index in [1.54, 1.807) is 12.3 Å². The number of hydrogen-bond acceptors (Lipinski definition) is 7. The molecule has 4 heterocycles. The first-order chi connectivity index (χ1) is 17.7. The largest absolute Gasteiger partial charge is 0.384 e. The maximum absolute atomic E-state index is 15.4. The average Bonchev–Trinajstić information content (AvgIpc) is 2.93. The molecule has 0 amide bonds. The molecule has 0 aliphatic carbocycles. The molecule has 184 valence electrons. The van der Waals surface area contributed by atoms with Gasteiger partial charge in [-0.15, -0.1) is 0 Å².